The molecule has 1 aromatic heterocycles. The van der Waals surface area contributed by atoms with E-state index in [0.29, 0.717) is 16.6 Å². The largest absolute Gasteiger partial charge is 0.369 e. The molecule has 3 rings (SSSR count). The molecule has 1 amide bonds. The zero-order valence-electron chi connectivity index (χ0n) is 13.5. The Kier molecular flexibility index (Phi) is 4.99. The predicted molar refractivity (Wildman–Crippen MR) is 90.2 cm³/mol. The van der Waals surface area contributed by atoms with Crippen LogP contribution in [0.25, 0.3) is 5.69 Å². The number of carbonyl (C=O) groups is 1. The summed E-state index contributed by atoms with van der Waals surface area (Å²) < 4.78 is 2.14. The second-order valence-corrected chi connectivity index (χ2v) is 6.63. The number of halogens is 1. The van der Waals surface area contributed by atoms with Crippen molar-refractivity contribution >= 4 is 17.5 Å². The van der Waals surface area contributed by atoms with E-state index < -0.39 is 5.69 Å². The minimum absolute atomic E-state index is 0.146. The molecule has 1 aromatic carbocycles. The summed E-state index contributed by atoms with van der Waals surface area (Å²) in [5, 5.41) is 11.0. The summed E-state index contributed by atoms with van der Waals surface area (Å²) in [5.41, 5.74) is -0.0494. The van der Waals surface area contributed by atoms with E-state index in [-0.39, 0.29) is 18.5 Å². The van der Waals surface area contributed by atoms with Gasteiger partial charge in [-0.2, -0.15) is 9.36 Å². The van der Waals surface area contributed by atoms with Crippen molar-refractivity contribution in [2.24, 2.45) is 5.92 Å². The Hall–Kier alpha value is -2.15. The zero-order valence-corrected chi connectivity index (χ0v) is 14.2. The fourth-order valence-electron chi connectivity index (χ4n) is 3.07. The van der Waals surface area contributed by atoms with Crippen LogP contribution in [0.4, 0.5) is 0 Å². The van der Waals surface area contributed by atoms with Crippen LogP contribution in [0.3, 0.4) is 0 Å². The van der Waals surface area contributed by atoms with Crippen molar-refractivity contribution in [2.75, 3.05) is 0 Å². The van der Waals surface area contributed by atoms with Crippen molar-refractivity contribution in [3.63, 3.8) is 0 Å². The number of hydrogen-bond donors (Lipinski definition) is 1. The molecule has 1 fully saturated rings. The Morgan fingerprint density at radius 3 is 2.79 bits per heavy atom. The van der Waals surface area contributed by atoms with E-state index in [1.54, 1.807) is 24.3 Å². The molecule has 0 saturated heterocycles. The van der Waals surface area contributed by atoms with Crippen LogP contribution in [0.15, 0.2) is 29.1 Å². The van der Waals surface area contributed by atoms with Crippen molar-refractivity contribution in [2.45, 2.75) is 45.2 Å². The highest BCUT2D eigenvalue weighted by Gasteiger charge is 2.23. The highest BCUT2D eigenvalue weighted by molar-refractivity contribution is 6.32. The van der Waals surface area contributed by atoms with E-state index in [2.05, 4.69) is 22.7 Å². The van der Waals surface area contributed by atoms with Gasteiger partial charge in [-0.05, 0) is 41.3 Å². The molecule has 1 aliphatic carbocycles. The Bertz CT molecular complexity index is 785. The lowest BCUT2D eigenvalue weighted by Gasteiger charge is -2.29. The SMILES string of the molecule is CC1CCCCC1NC(=O)Cn1nnn(-c2ccccc2Cl)c1=O. The van der Waals surface area contributed by atoms with Gasteiger partial charge in [0.2, 0.25) is 5.91 Å². The standard InChI is InChI=1S/C16H20ClN5O2/c1-11-6-2-4-8-13(11)18-15(23)10-21-16(24)22(20-19-21)14-9-5-3-7-12(14)17/h3,5,7,9,11,13H,2,4,6,8,10H2,1H3,(H,18,23). The molecule has 0 spiro atoms. The highest BCUT2D eigenvalue weighted by Crippen LogP contribution is 2.23. The molecule has 1 heterocycles. The van der Waals surface area contributed by atoms with E-state index in [0.717, 1.165) is 28.6 Å². The number of nitrogens with one attached hydrogen (secondary N) is 1. The van der Waals surface area contributed by atoms with Crippen LogP contribution in [0, 0.1) is 5.92 Å². The molecule has 24 heavy (non-hydrogen) atoms. The van der Waals surface area contributed by atoms with Crippen molar-refractivity contribution < 1.29 is 4.79 Å². The fraction of sp³-hybridized carbons (Fsp3) is 0.500. The fourth-order valence-corrected chi connectivity index (χ4v) is 3.28. The molecule has 1 saturated carbocycles. The van der Waals surface area contributed by atoms with Gasteiger partial charge in [-0.15, -0.1) is 0 Å². The lowest BCUT2D eigenvalue weighted by molar-refractivity contribution is -0.123. The first-order valence-electron chi connectivity index (χ1n) is 8.13. The maximum atomic E-state index is 12.4. The first-order valence-corrected chi connectivity index (χ1v) is 8.51. The molecule has 2 atom stereocenters. The third kappa shape index (κ3) is 3.51. The van der Waals surface area contributed by atoms with Crippen molar-refractivity contribution in [3.8, 4) is 5.69 Å². The van der Waals surface area contributed by atoms with Gasteiger partial charge in [0.05, 0.1) is 10.7 Å². The Morgan fingerprint density at radius 2 is 2.04 bits per heavy atom. The van der Waals surface area contributed by atoms with Gasteiger partial charge in [-0.3, -0.25) is 4.79 Å². The molecule has 0 radical (unpaired) electrons. The number of rotatable bonds is 4. The van der Waals surface area contributed by atoms with Gasteiger partial charge in [0.15, 0.2) is 0 Å². The minimum atomic E-state index is -0.491. The lowest BCUT2D eigenvalue weighted by atomic mass is 9.86. The molecule has 0 aliphatic heterocycles. The highest BCUT2D eigenvalue weighted by atomic mass is 35.5. The molecule has 1 N–H and O–H groups in total. The number of amides is 1. The quantitative estimate of drug-likeness (QED) is 0.912. The Labute approximate surface area is 144 Å². The second-order valence-electron chi connectivity index (χ2n) is 6.22. The van der Waals surface area contributed by atoms with E-state index in [4.69, 9.17) is 11.6 Å². The van der Waals surface area contributed by atoms with E-state index in [9.17, 15) is 9.59 Å². The number of tetrazole rings is 1. The maximum Gasteiger partial charge on any atom is 0.369 e. The topological polar surface area (TPSA) is 81.8 Å². The number of hydrogen-bond acceptors (Lipinski definition) is 4. The monoisotopic (exact) mass is 349 g/mol. The molecule has 2 aromatic rings. The van der Waals surface area contributed by atoms with Crippen molar-refractivity contribution in [1.82, 2.24) is 25.1 Å². The van der Waals surface area contributed by atoms with Crippen molar-refractivity contribution in [3.05, 3.63) is 39.8 Å². The van der Waals surface area contributed by atoms with Crippen LogP contribution < -0.4 is 11.0 Å². The third-order valence-electron chi connectivity index (χ3n) is 4.47. The Balaban J connectivity index is 1.71. The summed E-state index contributed by atoms with van der Waals surface area (Å²) in [5.74, 6) is 0.236. The Morgan fingerprint density at radius 1 is 1.29 bits per heavy atom. The van der Waals surface area contributed by atoms with Gasteiger partial charge in [0.25, 0.3) is 0 Å². The van der Waals surface area contributed by atoms with E-state index in [1.165, 1.54) is 6.42 Å². The molecule has 7 nitrogen and oxygen atoms in total. The van der Waals surface area contributed by atoms with Crippen molar-refractivity contribution in [1.29, 1.82) is 0 Å². The number of para-hydroxylation sites is 1. The maximum absolute atomic E-state index is 12.4. The smallest absolute Gasteiger partial charge is 0.351 e. The van der Waals surface area contributed by atoms with Crippen LogP contribution in [-0.4, -0.2) is 31.7 Å². The van der Waals surface area contributed by atoms with Gasteiger partial charge in [0.1, 0.15) is 6.54 Å². The zero-order chi connectivity index (χ0) is 17.1. The molecule has 2 unspecified atom stereocenters. The normalized spacial score (nSPS) is 20.8. The molecular weight excluding hydrogens is 330 g/mol. The second kappa shape index (κ2) is 7.17. The van der Waals surface area contributed by atoms with Crippen LogP contribution in [0.2, 0.25) is 5.02 Å². The summed E-state index contributed by atoms with van der Waals surface area (Å²) >= 11 is 6.07. The summed E-state index contributed by atoms with van der Waals surface area (Å²) in [4.78, 5) is 24.6. The van der Waals surface area contributed by atoms with Gasteiger partial charge in [0, 0.05) is 6.04 Å². The van der Waals surface area contributed by atoms with Gasteiger partial charge in [-0.1, -0.05) is 43.5 Å². The van der Waals surface area contributed by atoms with Gasteiger partial charge >= 0.3 is 5.69 Å². The van der Waals surface area contributed by atoms with Gasteiger partial charge in [-0.25, -0.2) is 4.79 Å². The molecule has 8 heteroatoms. The summed E-state index contributed by atoms with van der Waals surface area (Å²) in [6.45, 7) is 2.00. The first kappa shape index (κ1) is 16.7. The average molecular weight is 350 g/mol. The van der Waals surface area contributed by atoms with Crippen LogP contribution in [0.1, 0.15) is 32.6 Å². The van der Waals surface area contributed by atoms with Gasteiger partial charge < -0.3 is 5.32 Å². The molecule has 0 bridgehead atoms. The van der Waals surface area contributed by atoms with Crippen LogP contribution >= 0.6 is 11.6 Å². The third-order valence-corrected chi connectivity index (χ3v) is 4.79. The van der Waals surface area contributed by atoms with E-state index in [1.807, 2.05) is 0 Å². The average Bonchev–Trinajstić information content (AvgIpc) is 2.91. The van der Waals surface area contributed by atoms with Crippen LogP contribution in [0.5, 0.6) is 0 Å². The minimum Gasteiger partial charge on any atom is -0.351 e. The summed E-state index contributed by atoms with van der Waals surface area (Å²) in [7, 11) is 0. The molecule has 1 aliphatic rings. The number of nitrogens with zero attached hydrogens (tertiary/aromatic N) is 4. The summed E-state index contributed by atoms with van der Waals surface area (Å²) in [6, 6.07) is 7.02. The number of carbonyl (C=O) groups excluding carboxylic acids is 1. The lowest BCUT2D eigenvalue weighted by Crippen LogP contribution is -2.43. The number of benzene rings is 1. The predicted octanol–water partition coefficient (Wildman–Crippen LogP) is 1.78. The number of aromatic nitrogens is 4. The van der Waals surface area contributed by atoms with Crippen LogP contribution in [-0.2, 0) is 11.3 Å². The summed E-state index contributed by atoms with van der Waals surface area (Å²) in [6.07, 6.45) is 4.43. The molecular formula is C16H20ClN5O2. The first-order chi connectivity index (χ1) is 11.6. The molecule has 128 valence electrons. The van der Waals surface area contributed by atoms with E-state index >= 15 is 0 Å².